The number of hydrogen-bond acceptors (Lipinski definition) is 3. The van der Waals surface area contributed by atoms with E-state index in [1.165, 1.54) is 5.56 Å². The van der Waals surface area contributed by atoms with Crippen molar-refractivity contribution in [1.29, 1.82) is 0 Å². The van der Waals surface area contributed by atoms with E-state index >= 15 is 0 Å². The summed E-state index contributed by atoms with van der Waals surface area (Å²) in [6, 6.07) is 14.8. The first kappa shape index (κ1) is 16.5. The fourth-order valence-corrected chi connectivity index (χ4v) is 2.17. The maximum absolute atomic E-state index is 12.0. The van der Waals surface area contributed by atoms with Crippen LogP contribution in [0.15, 0.2) is 48.5 Å². The van der Waals surface area contributed by atoms with E-state index in [9.17, 15) is 9.59 Å². The van der Waals surface area contributed by atoms with Gasteiger partial charge in [0.2, 0.25) is 5.91 Å². The molecule has 2 rings (SSSR count). The van der Waals surface area contributed by atoms with Crippen LogP contribution in [-0.2, 0) is 11.2 Å². The van der Waals surface area contributed by atoms with Gasteiger partial charge in [0.25, 0.3) is 5.91 Å². The SMILES string of the molecule is CCc1ccc(NC(=O)CNc2ccccc2C(=O)NC)cc1. The zero-order valence-corrected chi connectivity index (χ0v) is 13.3. The highest BCUT2D eigenvalue weighted by molar-refractivity contribution is 6.00. The van der Waals surface area contributed by atoms with Crippen LogP contribution in [-0.4, -0.2) is 25.4 Å². The van der Waals surface area contributed by atoms with Gasteiger partial charge in [0, 0.05) is 18.4 Å². The molecule has 0 heterocycles. The molecule has 5 heteroatoms. The van der Waals surface area contributed by atoms with Gasteiger partial charge >= 0.3 is 0 Å². The first-order chi connectivity index (χ1) is 11.1. The van der Waals surface area contributed by atoms with E-state index in [0.29, 0.717) is 11.3 Å². The summed E-state index contributed by atoms with van der Waals surface area (Å²) in [6.45, 7) is 2.17. The molecule has 2 aromatic rings. The summed E-state index contributed by atoms with van der Waals surface area (Å²) in [5.74, 6) is -0.357. The lowest BCUT2D eigenvalue weighted by Gasteiger charge is -2.11. The Kier molecular flexibility index (Phi) is 5.74. The van der Waals surface area contributed by atoms with Crippen LogP contribution < -0.4 is 16.0 Å². The minimum Gasteiger partial charge on any atom is -0.376 e. The van der Waals surface area contributed by atoms with Crippen molar-refractivity contribution in [3.8, 4) is 0 Å². The van der Waals surface area contributed by atoms with Crippen LogP contribution >= 0.6 is 0 Å². The van der Waals surface area contributed by atoms with E-state index in [2.05, 4.69) is 22.9 Å². The number of para-hydroxylation sites is 1. The first-order valence-corrected chi connectivity index (χ1v) is 7.57. The molecule has 0 aromatic heterocycles. The molecule has 0 saturated heterocycles. The van der Waals surface area contributed by atoms with Gasteiger partial charge in [-0.25, -0.2) is 0 Å². The quantitative estimate of drug-likeness (QED) is 0.768. The van der Waals surface area contributed by atoms with E-state index in [1.54, 1.807) is 25.2 Å². The Balaban J connectivity index is 1.95. The van der Waals surface area contributed by atoms with Gasteiger partial charge in [-0.05, 0) is 36.2 Å². The molecule has 0 atom stereocenters. The molecule has 5 nitrogen and oxygen atoms in total. The Morgan fingerprint density at radius 3 is 2.35 bits per heavy atom. The molecule has 0 unspecified atom stereocenters. The molecule has 3 N–H and O–H groups in total. The number of rotatable bonds is 6. The summed E-state index contributed by atoms with van der Waals surface area (Å²) in [5, 5.41) is 8.40. The van der Waals surface area contributed by atoms with E-state index in [4.69, 9.17) is 0 Å². The minimum absolute atomic E-state index is 0.0868. The molecule has 0 radical (unpaired) electrons. The zero-order valence-electron chi connectivity index (χ0n) is 13.3. The van der Waals surface area contributed by atoms with Crippen molar-refractivity contribution in [3.63, 3.8) is 0 Å². The number of carbonyl (C=O) groups excluding carboxylic acids is 2. The second kappa shape index (κ2) is 7.98. The lowest BCUT2D eigenvalue weighted by atomic mass is 10.1. The molecule has 0 fully saturated rings. The highest BCUT2D eigenvalue weighted by atomic mass is 16.2. The summed E-state index contributed by atoms with van der Waals surface area (Å²) in [5.41, 5.74) is 3.12. The summed E-state index contributed by atoms with van der Waals surface area (Å²) in [7, 11) is 1.58. The van der Waals surface area contributed by atoms with Crippen molar-refractivity contribution in [3.05, 3.63) is 59.7 Å². The average molecular weight is 311 g/mol. The highest BCUT2D eigenvalue weighted by Gasteiger charge is 2.10. The van der Waals surface area contributed by atoms with Gasteiger partial charge in [-0.2, -0.15) is 0 Å². The van der Waals surface area contributed by atoms with Crippen molar-refractivity contribution in [2.75, 3.05) is 24.2 Å². The van der Waals surface area contributed by atoms with Crippen molar-refractivity contribution < 1.29 is 9.59 Å². The molecule has 0 bridgehead atoms. The van der Waals surface area contributed by atoms with E-state index in [0.717, 1.165) is 12.1 Å². The van der Waals surface area contributed by atoms with E-state index < -0.39 is 0 Å². The summed E-state index contributed by atoms with van der Waals surface area (Å²) < 4.78 is 0. The highest BCUT2D eigenvalue weighted by Crippen LogP contribution is 2.15. The van der Waals surface area contributed by atoms with Crippen molar-refractivity contribution in [2.24, 2.45) is 0 Å². The van der Waals surface area contributed by atoms with Gasteiger partial charge in [-0.3, -0.25) is 9.59 Å². The van der Waals surface area contributed by atoms with Crippen LogP contribution in [0.2, 0.25) is 0 Å². The van der Waals surface area contributed by atoms with Crippen LogP contribution in [0.3, 0.4) is 0 Å². The number of amides is 2. The van der Waals surface area contributed by atoms with Gasteiger partial charge in [0.15, 0.2) is 0 Å². The lowest BCUT2D eigenvalue weighted by Crippen LogP contribution is -2.24. The van der Waals surface area contributed by atoms with Crippen LogP contribution in [0.1, 0.15) is 22.8 Å². The van der Waals surface area contributed by atoms with Crippen LogP contribution in [0.4, 0.5) is 11.4 Å². The van der Waals surface area contributed by atoms with Gasteiger partial charge < -0.3 is 16.0 Å². The maximum Gasteiger partial charge on any atom is 0.253 e. The van der Waals surface area contributed by atoms with E-state index in [-0.39, 0.29) is 18.4 Å². The van der Waals surface area contributed by atoms with Crippen LogP contribution in [0, 0.1) is 0 Å². The van der Waals surface area contributed by atoms with Crippen molar-refractivity contribution in [2.45, 2.75) is 13.3 Å². The van der Waals surface area contributed by atoms with Crippen molar-refractivity contribution >= 4 is 23.2 Å². The molecular formula is C18H21N3O2. The third-order valence-electron chi connectivity index (χ3n) is 3.48. The van der Waals surface area contributed by atoms with Crippen molar-refractivity contribution in [1.82, 2.24) is 5.32 Å². The summed E-state index contributed by atoms with van der Waals surface area (Å²) >= 11 is 0. The molecule has 23 heavy (non-hydrogen) atoms. The number of aryl methyl sites for hydroxylation is 1. The normalized spacial score (nSPS) is 10.0. The monoisotopic (exact) mass is 311 g/mol. The molecule has 0 spiro atoms. The lowest BCUT2D eigenvalue weighted by molar-refractivity contribution is -0.114. The minimum atomic E-state index is -0.191. The number of carbonyl (C=O) groups is 2. The topological polar surface area (TPSA) is 70.2 Å². The molecule has 0 aliphatic carbocycles. The van der Waals surface area contributed by atoms with Crippen LogP contribution in [0.5, 0.6) is 0 Å². The zero-order chi connectivity index (χ0) is 16.7. The molecule has 0 aliphatic rings. The number of anilines is 2. The van der Waals surface area contributed by atoms with E-state index in [1.807, 2.05) is 30.3 Å². The van der Waals surface area contributed by atoms with Gasteiger partial charge in [-0.1, -0.05) is 31.2 Å². The molecule has 0 aliphatic heterocycles. The maximum atomic E-state index is 12.0. The summed E-state index contributed by atoms with van der Waals surface area (Å²) in [4.78, 5) is 23.8. The largest absolute Gasteiger partial charge is 0.376 e. The summed E-state index contributed by atoms with van der Waals surface area (Å²) in [6.07, 6.45) is 0.964. The Morgan fingerprint density at radius 1 is 1.00 bits per heavy atom. The Hall–Kier alpha value is -2.82. The van der Waals surface area contributed by atoms with Gasteiger partial charge in [0.05, 0.1) is 12.1 Å². The first-order valence-electron chi connectivity index (χ1n) is 7.57. The number of benzene rings is 2. The fraction of sp³-hybridized carbons (Fsp3) is 0.222. The Bertz CT molecular complexity index is 681. The number of hydrogen-bond donors (Lipinski definition) is 3. The molecule has 0 saturated carbocycles. The van der Waals surface area contributed by atoms with Crippen LogP contribution in [0.25, 0.3) is 0 Å². The molecule has 120 valence electrons. The molecule has 2 amide bonds. The third-order valence-corrected chi connectivity index (χ3v) is 3.48. The molecular weight excluding hydrogens is 290 g/mol. The van der Waals surface area contributed by atoms with Gasteiger partial charge in [-0.15, -0.1) is 0 Å². The predicted molar refractivity (Wildman–Crippen MR) is 92.8 cm³/mol. The Morgan fingerprint density at radius 2 is 1.70 bits per heavy atom. The Labute approximate surface area is 136 Å². The van der Waals surface area contributed by atoms with Gasteiger partial charge in [0.1, 0.15) is 0 Å². The standard InChI is InChI=1S/C18H21N3O2/c1-3-13-8-10-14(11-9-13)21-17(22)12-20-16-7-5-4-6-15(16)18(23)19-2/h4-11,20H,3,12H2,1-2H3,(H,19,23)(H,21,22). The second-order valence-electron chi connectivity index (χ2n) is 5.08. The fourth-order valence-electron chi connectivity index (χ4n) is 2.17. The average Bonchev–Trinajstić information content (AvgIpc) is 2.60. The second-order valence-corrected chi connectivity index (χ2v) is 5.08. The predicted octanol–water partition coefficient (Wildman–Crippen LogP) is 2.66. The molecule has 2 aromatic carbocycles. The number of nitrogens with one attached hydrogen (secondary N) is 3. The smallest absolute Gasteiger partial charge is 0.253 e. The third kappa shape index (κ3) is 4.57.